The van der Waals surface area contributed by atoms with Crippen LogP contribution in [0.4, 0.5) is 10.6 Å². The number of cyclic esters (lactones) is 1. The van der Waals surface area contributed by atoms with Crippen LogP contribution in [-0.2, 0) is 35.6 Å². The molecule has 4 bridgehead atoms. The minimum Gasteiger partial charge on any atom is -0.496 e. The Hall–Kier alpha value is -4.60. The molecule has 1 aromatic heterocycles. The van der Waals surface area contributed by atoms with Gasteiger partial charge in [-0.05, 0) is 74.3 Å². The van der Waals surface area contributed by atoms with Crippen LogP contribution in [0.3, 0.4) is 0 Å². The van der Waals surface area contributed by atoms with Crippen molar-refractivity contribution in [3.8, 4) is 11.5 Å². The molecule has 4 N–H and O–H groups in total. The van der Waals surface area contributed by atoms with Gasteiger partial charge in [0.25, 0.3) is 5.91 Å². The first-order chi connectivity index (χ1) is 27.2. The fourth-order valence-electron chi connectivity index (χ4n) is 8.74. The second-order valence-corrected chi connectivity index (χ2v) is 19.2. The summed E-state index contributed by atoms with van der Waals surface area (Å²) in [7, 11) is -0.528. The molecule has 16 heteroatoms. The number of fused-ring (bicyclic) bond motifs is 3. The van der Waals surface area contributed by atoms with Crippen molar-refractivity contribution in [2.75, 3.05) is 32.6 Å². The summed E-state index contributed by atoms with van der Waals surface area (Å²) in [5.74, 6) is -0.854. The van der Waals surface area contributed by atoms with Crippen LogP contribution in [0.2, 0.25) is 0 Å². The van der Waals surface area contributed by atoms with E-state index in [0.717, 1.165) is 43.1 Å². The highest BCUT2D eigenvalue weighted by atomic mass is 32.2. The molecule has 4 amide bonds. The number of sulfonamides is 1. The molecular formula is C41H56N6O9S. The van der Waals surface area contributed by atoms with Crippen molar-refractivity contribution in [2.45, 2.75) is 120 Å². The number of nitrogens with zero attached hydrogens (tertiary/aromatic N) is 2. The zero-order chi connectivity index (χ0) is 40.7. The minimum atomic E-state index is -3.90. The molecule has 1 saturated heterocycles. The van der Waals surface area contributed by atoms with Crippen molar-refractivity contribution in [3.05, 3.63) is 36.4 Å². The van der Waals surface area contributed by atoms with Crippen molar-refractivity contribution in [2.24, 2.45) is 17.3 Å². The van der Waals surface area contributed by atoms with E-state index in [1.54, 1.807) is 20.2 Å². The number of ether oxygens (including phenoxy) is 3. The predicted octanol–water partition coefficient (Wildman–Crippen LogP) is 4.34. The highest BCUT2D eigenvalue weighted by Gasteiger charge is 2.62. The molecule has 0 spiro atoms. The fourth-order valence-corrected chi connectivity index (χ4v) is 10.1. The molecule has 2 aromatic rings. The Labute approximate surface area is 334 Å². The fraction of sp³-hybridized carbons (Fsp3) is 0.634. The molecule has 5 atom stereocenters. The van der Waals surface area contributed by atoms with Crippen LogP contribution >= 0.6 is 0 Å². The van der Waals surface area contributed by atoms with E-state index < -0.39 is 68.7 Å². The molecule has 310 valence electrons. The Morgan fingerprint density at radius 2 is 1.84 bits per heavy atom. The number of hydrogen-bond acceptors (Lipinski definition) is 11. The summed E-state index contributed by atoms with van der Waals surface area (Å²) in [6, 6.07) is 3.60. The maximum atomic E-state index is 14.9. The Morgan fingerprint density at radius 3 is 2.51 bits per heavy atom. The van der Waals surface area contributed by atoms with Gasteiger partial charge in [0.15, 0.2) is 0 Å². The third-order valence-electron chi connectivity index (χ3n) is 12.4. The molecule has 3 aliphatic carbocycles. The number of carbonyl (C=O) groups excluding carboxylic acids is 4. The molecule has 1 aromatic carbocycles. The summed E-state index contributed by atoms with van der Waals surface area (Å²) in [5.41, 5.74) is -0.323. The van der Waals surface area contributed by atoms with E-state index in [0.29, 0.717) is 54.9 Å². The molecule has 3 heterocycles. The summed E-state index contributed by atoms with van der Waals surface area (Å²) in [6.45, 7) is 8.03. The summed E-state index contributed by atoms with van der Waals surface area (Å²) in [4.78, 5) is 62.8. The first-order valence-corrected chi connectivity index (χ1v) is 21.8. The highest BCUT2D eigenvalue weighted by molar-refractivity contribution is 7.91. The third-order valence-corrected chi connectivity index (χ3v) is 14.2. The molecule has 4 fully saturated rings. The second-order valence-electron chi connectivity index (χ2n) is 17.2. The number of nitrogens with one attached hydrogen (secondary N) is 4. The van der Waals surface area contributed by atoms with Crippen molar-refractivity contribution in [1.82, 2.24) is 25.2 Å². The monoisotopic (exact) mass is 808 g/mol. The Morgan fingerprint density at radius 1 is 1.09 bits per heavy atom. The highest BCUT2D eigenvalue weighted by Crippen LogP contribution is 2.46. The minimum absolute atomic E-state index is 0.00571. The predicted molar refractivity (Wildman–Crippen MR) is 213 cm³/mol. The molecule has 15 nitrogen and oxygen atoms in total. The lowest BCUT2D eigenvalue weighted by atomic mass is 9.83. The number of benzene rings is 1. The van der Waals surface area contributed by atoms with Crippen LogP contribution in [0.15, 0.2) is 30.9 Å². The van der Waals surface area contributed by atoms with E-state index >= 15 is 0 Å². The zero-order valence-corrected chi connectivity index (χ0v) is 34.2. The van der Waals surface area contributed by atoms with Gasteiger partial charge in [0.1, 0.15) is 41.0 Å². The molecule has 7 rings (SSSR count). The molecule has 3 saturated carbocycles. The lowest BCUT2D eigenvalue weighted by Gasteiger charge is -2.35. The zero-order valence-electron chi connectivity index (χ0n) is 33.4. The Kier molecular flexibility index (Phi) is 11.4. The van der Waals surface area contributed by atoms with Crippen molar-refractivity contribution in [1.29, 1.82) is 0 Å². The van der Waals surface area contributed by atoms with Gasteiger partial charge in [-0.1, -0.05) is 39.2 Å². The molecule has 5 aliphatic rings. The lowest BCUT2D eigenvalue weighted by molar-refractivity contribution is -0.142. The van der Waals surface area contributed by atoms with Gasteiger partial charge in [0.05, 0.1) is 31.0 Å². The first kappa shape index (κ1) is 40.6. The average molecular weight is 809 g/mol. The largest absolute Gasteiger partial charge is 0.496 e. The standard InChI is InChI=1S/C41H56N6O9S/c1-6-26-21-41(26,38(50)46-57(52,53)28-14-15-28)45-36(48)31-18-27-22-47(31)37(49)35(24-11-8-7-9-12-24)44-39(51)55-23-40(2,3)16-10-13-25-17-29-30(19-32(25)54-5)43-34(42-4)20-33(29)56-27/h6,17,19-20,24,26-28,31,35H,1,7-16,18,21-23H2,2-5H3,(H,42,43)(H,44,51)(H,45,48)(H,46,50)/t26-,27+,31-,35-,41+/m0/s1. The van der Waals surface area contributed by atoms with Crippen LogP contribution in [-0.4, -0.2) is 98.4 Å². The molecule has 0 radical (unpaired) electrons. The van der Waals surface area contributed by atoms with Gasteiger partial charge in [0, 0.05) is 36.9 Å². The maximum absolute atomic E-state index is 14.9. The van der Waals surface area contributed by atoms with E-state index in [2.05, 4.69) is 27.3 Å². The normalized spacial score (nSPS) is 28.2. The van der Waals surface area contributed by atoms with E-state index in [9.17, 15) is 27.6 Å². The van der Waals surface area contributed by atoms with Crippen LogP contribution in [0.1, 0.15) is 90.0 Å². The van der Waals surface area contributed by atoms with Gasteiger partial charge < -0.3 is 35.1 Å². The van der Waals surface area contributed by atoms with Gasteiger partial charge in [-0.15, -0.1) is 6.58 Å². The van der Waals surface area contributed by atoms with Gasteiger partial charge in [-0.25, -0.2) is 18.2 Å². The van der Waals surface area contributed by atoms with Crippen molar-refractivity contribution < 1.29 is 41.8 Å². The number of alkyl carbamates (subject to hydrolysis) is 1. The number of carbonyl (C=O) groups is 4. The lowest BCUT2D eigenvalue weighted by Crippen LogP contribution is -2.59. The Balaban J connectivity index is 1.26. The molecular weight excluding hydrogens is 753 g/mol. The van der Waals surface area contributed by atoms with Gasteiger partial charge in [-0.3, -0.25) is 19.1 Å². The Bertz CT molecular complexity index is 2030. The van der Waals surface area contributed by atoms with E-state index in [4.69, 9.17) is 19.2 Å². The number of pyridine rings is 1. The van der Waals surface area contributed by atoms with Crippen molar-refractivity contribution in [3.63, 3.8) is 0 Å². The van der Waals surface area contributed by atoms with Crippen LogP contribution in [0.5, 0.6) is 11.5 Å². The summed E-state index contributed by atoms with van der Waals surface area (Å²) in [6.07, 6.45) is 7.76. The molecule has 0 unspecified atom stereocenters. The third kappa shape index (κ3) is 8.65. The first-order valence-electron chi connectivity index (χ1n) is 20.3. The summed E-state index contributed by atoms with van der Waals surface area (Å²) >= 11 is 0. The average Bonchev–Trinajstić information content (AvgIpc) is 4.12. The number of amides is 4. The number of methoxy groups -OCH3 is 1. The van der Waals surface area contributed by atoms with Gasteiger partial charge in [0.2, 0.25) is 21.8 Å². The van der Waals surface area contributed by atoms with Crippen LogP contribution in [0.25, 0.3) is 10.9 Å². The summed E-state index contributed by atoms with van der Waals surface area (Å²) < 4.78 is 46.1. The number of aryl methyl sites for hydroxylation is 1. The smallest absolute Gasteiger partial charge is 0.407 e. The van der Waals surface area contributed by atoms with E-state index in [1.807, 2.05) is 26.0 Å². The van der Waals surface area contributed by atoms with E-state index in [1.165, 1.54) is 11.0 Å². The van der Waals surface area contributed by atoms with E-state index in [-0.39, 0.29) is 37.3 Å². The molecule has 2 aliphatic heterocycles. The number of rotatable bonds is 9. The second kappa shape index (κ2) is 16.0. The maximum Gasteiger partial charge on any atom is 0.407 e. The van der Waals surface area contributed by atoms with Crippen LogP contribution < -0.4 is 30.1 Å². The van der Waals surface area contributed by atoms with Crippen molar-refractivity contribution >= 4 is 50.6 Å². The number of hydrogen-bond donors (Lipinski definition) is 4. The summed E-state index contributed by atoms with van der Waals surface area (Å²) in [5, 5.41) is 8.96. The SMILES string of the molecule is C=C[C@H]1C[C@]1(NC(=O)[C@@H]1C[C@@H]2CN1C(=O)[C@H](C1CCCCC1)NC(=O)OCC(C)(C)CCCc1cc3c(cc(NC)nc3cc1OC)O2)C(=O)NS(=O)(=O)C1CC1. The number of aromatic nitrogens is 1. The quantitative estimate of drug-likeness (QED) is 0.264. The molecule has 57 heavy (non-hydrogen) atoms. The number of anilines is 1. The van der Waals surface area contributed by atoms with Gasteiger partial charge in [-0.2, -0.15) is 0 Å². The van der Waals surface area contributed by atoms with Crippen LogP contribution in [0, 0.1) is 17.3 Å². The topological polar surface area (TPSA) is 194 Å². The van der Waals surface area contributed by atoms with Gasteiger partial charge >= 0.3 is 6.09 Å².